The molecular weight excluding hydrogens is 463 g/mol. The first-order valence-corrected chi connectivity index (χ1v) is 13.4. The summed E-state index contributed by atoms with van der Waals surface area (Å²) in [6, 6.07) is 3.99. The van der Waals surface area contributed by atoms with Crippen molar-refractivity contribution in [2.45, 2.75) is 62.4 Å². The summed E-state index contributed by atoms with van der Waals surface area (Å²) in [5, 5.41) is 4.19. The molecule has 0 N–H and O–H groups in total. The Morgan fingerprint density at radius 3 is 2.44 bits per heavy atom. The number of amides is 1. The van der Waals surface area contributed by atoms with Crippen molar-refractivity contribution in [1.82, 2.24) is 15.0 Å². The zero-order valence-electron chi connectivity index (χ0n) is 20.0. The van der Waals surface area contributed by atoms with Crippen molar-refractivity contribution in [2.24, 2.45) is 0 Å². The van der Waals surface area contributed by atoms with Crippen LogP contribution in [-0.2, 0) is 14.6 Å². The van der Waals surface area contributed by atoms with Crippen LogP contribution in [0, 0.1) is 5.82 Å². The van der Waals surface area contributed by atoms with Gasteiger partial charge in [0.1, 0.15) is 11.4 Å². The number of benzene rings is 1. The van der Waals surface area contributed by atoms with Gasteiger partial charge in [0.25, 0.3) is 0 Å². The van der Waals surface area contributed by atoms with E-state index >= 15 is 0 Å². The van der Waals surface area contributed by atoms with Gasteiger partial charge in [-0.2, -0.15) is 4.98 Å². The minimum absolute atomic E-state index is 0.0305. The topological polar surface area (TPSA) is 106 Å². The second-order valence-corrected chi connectivity index (χ2v) is 12.1. The highest BCUT2D eigenvalue weighted by molar-refractivity contribution is 7.90. The molecule has 9 nitrogen and oxygen atoms in total. The first-order valence-electron chi connectivity index (χ1n) is 11.5. The van der Waals surface area contributed by atoms with E-state index in [0.29, 0.717) is 43.6 Å². The molecule has 1 amide bonds. The van der Waals surface area contributed by atoms with Crippen molar-refractivity contribution >= 4 is 21.6 Å². The Morgan fingerprint density at radius 1 is 1.15 bits per heavy atom. The number of halogens is 1. The van der Waals surface area contributed by atoms with Crippen LogP contribution in [0.3, 0.4) is 0 Å². The van der Waals surface area contributed by atoms with E-state index in [2.05, 4.69) is 10.1 Å². The Bertz CT molecular complexity index is 1150. The molecule has 3 heterocycles. The van der Waals surface area contributed by atoms with E-state index in [1.165, 1.54) is 12.1 Å². The fraction of sp³-hybridized carbons (Fsp3) is 0.609. The summed E-state index contributed by atoms with van der Waals surface area (Å²) in [6.07, 6.45) is 2.94. The zero-order chi connectivity index (χ0) is 24.7. The number of carbonyl (C=O) groups is 1. The largest absolute Gasteiger partial charge is 0.444 e. The first-order chi connectivity index (χ1) is 15.9. The van der Waals surface area contributed by atoms with Gasteiger partial charge in [0.05, 0.1) is 16.5 Å². The average Bonchev–Trinajstić information content (AvgIpc) is 3.42. The molecule has 0 unspecified atom stereocenters. The summed E-state index contributed by atoms with van der Waals surface area (Å²) in [4.78, 5) is 20.4. The van der Waals surface area contributed by atoms with Crippen molar-refractivity contribution in [2.75, 3.05) is 37.3 Å². The molecule has 0 bridgehead atoms. The maximum atomic E-state index is 14.6. The minimum atomic E-state index is -3.46. The number of sulfone groups is 1. The fourth-order valence-electron chi connectivity index (χ4n) is 4.38. The molecular formula is C23H31FN4O5S. The van der Waals surface area contributed by atoms with Crippen molar-refractivity contribution in [3.8, 4) is 0 Å². The number of piperidine rings is 1. The molecule has 2 fully saturated rings. The number of ether oxygens (including phenoxy) is 1. The van der Waals surface area contributed by atoms with Crippen molar-refractivity contribution in [1.29, 1.82) is 0 Å². The zero-order valence-corrected chi connectivity index (χ0v) is 20.8. The number of likely N-dealkylation sites (tertiary alicyclic amines) is 1. The third-order valence-corrected chi connectivity index (χ3v) is 7.30. The highest BCUT2D eigenvalue weighted by atomic mass is 32.2. The number of anilines is 1. The third-order valence-electron chi connectivity index (χ3n) is 6.19. The lowest BCUT2D eigenvalue weighted by molar-refractivity contribution is 0.0202. The van der Waals surface area contributed by atoms with E-state index in [1.807, 2.05) is 25.7 Å². The van der Waals surface area contributed by atoms with Crippen molar-refractivity contribution in [3.63, 3.8) is 0 Å². The maximum absolute atomic E-state index is 14.6. The van der Waals surface area contributed by atoms with E-state index in [0.717, 1.165) is 31.6 Å². The average molecular weight is 495 g/mol. The van der Waals surface area contributed by atoms with Crippen LogP contribution in [0.1, 0.15) is 63.6 Å². The number of hydrogen-bond donors (Lipinski definition) is 0. The molecule has 0 saturated carbocycles. The predicted molar refractivity (Wildman–Crippen MR) is 123 cm³/mol. The highest BCUT2D eigenvalue weighted by Gasteiger charge is 2.33. The molecule has 2 aliphatic heterocycles. The third kappa shape index (κ3) is 5.51. The van der Waals surface area contributed by atoms with Gasteiger partial charge in [-0.25, -0.2) is 17.6 Å². The maximum Gasteiger partial charge on any atom is 0.410 e. The summed E-state index contributed by atoms with van der Waals surface area (Å²) in [5.74, 6) is 0.680. The van der Waals surface area contributed by atoms with Gasteiger partial charge in [0.2, 0.25) is 5.89 Å². The monoisotopic (exact) mass is 494 g/mol. The van der Waals surface area contributed by atoms with Gasteiger partial charge in [-0.05, 0) is 58.2 Å². The van der Waals surface area contributed by atoms with E-state index < -0.39 is 21.3 Å². The van der Waals surface area contributed by atoms with Crippen molar-refractivity contribution < 1.29 is 26.9 Å². The standard InChI is InChI=1S/C23H31FN4O5S/c1-23(2,3)32-22(29)27-10-7-15(8-11-27)20-25-21(33-26-20)16-9-12-28(14-16)19-6-5-17(13-18(19)24)34(4,30)31/h5-6,13,15-16H,7-12,14H2,1-4H3/t16-/m0/s1. The quantitative estimate of drug-likeness (QED) is 0.633. The molecule has 11 heteroatoms. The molecule has 1 aromatic heterocycles. The minimum Gasteiger partial charge on any atom is -0.444 e. The molecule has 186 valence electrons. The first kappa shape index (κ1) is 24.4. The summed E-state index contributed by atoms with van der Waals surface area (Å²) in [5.41, 5.74) is -0.159. The van der Waals surface area contributed by atoms with Crippen LogP contribution in [0.4, 0.5) is 14.9 Å². The van der Waals surface area contributed by atoms with Gasteiger partial charge >= 0.3 is 6.09 Å². The number of rotatable bonds is 4. The second kappa shape index (κ2) is 9.16. The Hall–Kier alpha value is -2.69. The number of aromatic nitrogens is 2. The van der Waals surface area contributed by atoms with E-state index in [9.17, 15) is 17.6 Å². The van der Waals surface area contributed by atoms with Gasteiger partial charge in [-0.3, -0.25) is 0 Å². The van der Waals surface area contributed by atoms with Crippen LogP contribution in [0.5, 0.6) is 0 Å². The van der Waals surface area contributed by atoms with E-state index in [1.54, 1.807) is 4.90 Å². The van der Waals surface area contributed by atoms with Gasteiger partial charge in [0, 0.05) is 38.4 Å². The molecule has 0 radical (unpaired) electrons. The van der Waals surface area contributed by atoms with Gasteiger partial charge in [0.15, 0.2) is 15.7 Å². The molecule has 4 rings (SSSR count). The van der Waals surface area contributed by atoms with Crippen LogP contribution >= 0.6 is 0 Å². The summed E-state index contributed by atoms with van der Waals surface area (Å²) < 4.78 is 48.9. The fourth-order valence-corrected chi connectivity index (χ4v) is 5.01. The molecule has 0 aliphatic carbocycles. The molecule has 0 spiro atoms. The normalized spacial score (nSPS) is 20.1. The number of carbonyl (C=O) groups excluding carboxylic acids is 1. The number of nitrogens with zero attached hydrogens (tertiary/aromatic N) is 4. The summed E-state index contributed by atoms with van der Waals surface area (Å²) in [6.45, 7) is 7.80. The molecule has 1 atom stereocenters. The number of hydrogen-bond acceptors (Lipinski definition) is 8. The van der Waals surface area contributed by atoms with E-state index in [-0.39, 0.29) is 22.8 Å². The Morgan fingerprint density at radius 2 is 1.82 bits per heavy atom. The summed E-state index contributed by atoms with van der Waals surface area (Å²) in [7, 11) is -3.46. The predicted octanol–water partition coefficient (Wildman–Crippen LogP) is 3.72. The molecule has 2 aromatic rings. The van der Waals surface area contributed by atoms with Crippen LogP contribution in [-0.4, -0.2) is 67.6 Å². The molecule has 2 saturated heterocycles. The smallest absolute Gasteiger partial charge is 0.410 e. The summed E-state index contributed by atoms with van der Waals surface area (Å²) >= 11 is 0. The van der Waals surface area contributed by atoms with Crippen LogP contribution in [0.15, 0.2) is 27.6 Å². The Kier molecular flexibility index (Phi) is 6.58. The Balaban J connectivity index is 1.35. The SMILES string of the molecule is CC(C)(C)OC(=O)N1CCC(c2noc([C@H]3CCN(c4ccc(S(C)(=O)=O)cc4F)C3)n2)CC1. The van der Waals surface area contributed by atoms with Crippen LogP contribution in [0.2, 0.25) is 0 Å². The van der Waals surface area contributed by atoms with Crippen LogP contribution < -0.4 is 4.90 Å². The van der Waals surface area contributed by atoms with Gasteiger partial charge < -0.3 is 19.1 Å². The second-order valence-electron chi connectivity index (χ2n) is 10.0. The highest BCUT2D eigenvalue weighted by Crippen LogP contribution is 2.34. The van der Waals surface area contributed by atoms with Crippen molar-refractivity contribution in [3.05, 3.63) is 35.7 Å². The lowest BCUT2D eigenvalue weighted by Crippen LogP contribution is -2.41. The lowest BCUT2D eigenvalue weighted by atomic mass is 9.96. The van der Waals surface area contributed by atoms with Gasteiger partial charge in [-0.15, -0.1) is 0 Å². The van der Waals surface area contributed by atoms with E-state index in [4.69, 9.17) is 9.26 Å². The van der Waals surface area contributed by atoms with Gasteiger partial charge in [-0.1, -0.05) is 5.16 Å². The molecule has 34 heavy (non-hydrogen) atoms. The molecule has 2 aliphatic rings. The Labute approximate surface area is 199 Å². The lowest BCUT2D eigenvalue weighted by Gasteiger charge is -2.32. The van der Waals surface area contributed by atoms with Crippen LogP contribution in [0.25, 0.3) is 0 Å². The molecule has 1 aromatic carbocycles.